The van der Waals surface area contributed by atoms with Crippen LogP contribution in [-0.4, -0.2) is 0 Å². The average Bonchev–Trinajstić information content (AvgIpc) is 2.75. The van der Waals surface area contributed by atoms with Crippen LogP contribution in [0.25, 0.3) is 11.1 Å². The van der Waals surface area contributed by atoms with E-state index in [4.69, 9.17) is 11.6 Å². The predicted octanol–water partition coefficient (Wildman–Crippen LogP) is 8.12. The second-order valence-electron chi connectivity index (χ2n) is 8.05. The molecule has 29 heavy (non-hydrogen) atoms. The van der Waals surface area contributed by atoms with Gasteiger partial charge in [-0.2, -0.15) is 0 Å². The minimum atomic E-state index is -0.0863. The van der Waals surface area contributed by atoms with Crippen LogP contribution in [0.15, 0.2) is 97.1 Å². The number of nitrogens with zero attached hydrogens (tertiary/aromatic N) is 1. The number of fused-ring (bicyclic) bond motifs is 2. The van der Waals surface area contributed by atoms with Crippen molar-refractivity contribution in [1.82, 2.24) is 0 Å². The standard InChI is InChI=1S/C27H22ClN/c1-27(2)23-10-6-7-11-25(23)29(26-18-21(28)14-17-24(26)27)22-15-12-20(13-16-22)19-8-4-3-5-9-19/h3-18H,1-2H3. The summed E-state index contributed by atoms with van der Waals surface area (Å²) in [5.41, 5.74) is 8.45. The Labute approximate surface area is 177 Å². The minimum Gasteiger partial charge on any atom is -0.310 e. The summed E-state index contributed by atoms with van der Waals surface area (Å²) in [6.07, 6.45) is 0. The molecule has 1 aliphatic heterocycles. The highest BCUT2D eigenvalue weighted by molar-refractivity contribution is 6.31. The van der Waals surface area contributed by atoms with E-state index in [1.165, 1.54) is 27.9 Å². The number of rotatable bonds is 2. The molecular formula is C27H22ClN. The number of benzene rings is 4. The van der Waals surface area contributed by atoms with Gasteiger partial charge in [-0.05, 0) is 52.6 Å². The van der Waals surface area contributed by atoms with Crippen LogP contribution in [0.2, 0.25) is 5.02 Å². The molecule has 2 heteroatoms. The first kappa shape index (κ1) is 18.0. The maximum atomic E-state index is 6.43. The fraction of sp³-hybridized carbons (Fsp3) is 0.111. The van der Waals surface area contributed by atoms with Crippen molar-refractivity contribution in [3.05, 3.63) is 113 Å². The first-order chi connectivity index (χ1) is 14.1. The van der Waals surface area contributed by atoms with Crippen LogP contribution >= 0.6 is 11.6 Å². The topological polar surface area (TPSA) is 3.24 Å². The van der Waals surface area contributed by atoms with Crippen molar-refractivity contribution in [1.29, 1.82) is 0 Å². The molecule has 0 N–H and O–H groups in total. The van der Waals surface area contributed by atoms with E-state index in [0.29, 0.717) is 0 Å². The molecule has 0 radical (unpaired) electrons. The van der Waals surface area contributed by atoms with Gasteiger partial charge in [-0.25, -0.2) is 0 Å². The van der Waals surface area contributed by atoms with Gasteiger partial charge in [-0.1, -0.05) is 92.2 Å². The summed E-state index contributed by atoms with van der Waals surface area (Å²) < 4.78 is 0. The van der Waals surface area contributed by atoms with Crippen molar-refractivity contribution in [2.45, 2.75) is 19.3 Å². The summed E-state index contributed by atoms with van der Waals surface area (Å²) in [5.74, 6) is 0. The molecule has 1 nitrogen and oxygen atoms in total. The fourth-order valence-electron chi connectivity index (χ4n) is 4.40. The van der Waals surface area contributed by atoms with E-state index in [0.717, 1.165) is 16.4 Å². The fourth-order valence-corrected chi connectivity index (χ4v) is 4.57. The lowest BCUT2D eigenvalue weighted by molar-refractivity contribution is 0.632. The maximum absolute atomic E-state index is 6.43. The largest absolute Gasteiger partial charge is 0.310 e. The van der Waals surface area contributed by atoms with Crippen LogP contribution < -0.4 is 4.90 Å². The number of para-hydroxylation sites is 1. The molecule has 0 unspecified atom stereocenters. The first-order valence-corrected chi connectivity index (χ1v) is 10.3. The molecule has 0 fully saturated rings. The summed E-state index contributed by atoms with van der Waals surface area (Å²) >= 11 is 6.43. The second-order valence-corrected chi connectivity index (χ2v) is 8.49. The monoisotopic (exact) mass is 395 g/mol. The molecule has 1 aliphatic rings. The Hall–Kier alpha value is -3.03. The molecule has 0 saturated carbocycles. The van der Waals surface area contributed by atoms with E-state index in [9.17, 15) is 0 Å². The lowest BCUT2D eigenvalue weighted by Gasteiger charge is -2.42. The number of hydrogen-bond donors (Lipinski definition) is 0. The van der Waals surface area contributed by atoms with Crippen molar-refractivity contribution < 1.29 is 0 Å². The molecule has 0 aliphatic carbocycles. The van der Waals surface area contributed by atoms with Crippen molar-refractivity contribution in [3.8, 4) is 11.1 Å². The van der Waals surface area contributed by atoms with Crippen molar-refractivity contribution >= 4 is 28.7 Å². The number of halogens is 1. The normalized spacial score (nSPS) is 14.2. The highest BCUT2D eigenvalue weighted by Gasteiger charge is 2.36. The Morgan fingerprint density at radius 1 is 0.621 bits per heavy atom. The highest BCUT2D eigenvalue weighted by Crippen LogP contribution is 2.52. The van der Waals surface area contributed by atoms with Gasteiger partial charge in [0.2, 0.25) is 0 Å². The van der Waals surface area contributed by atoms with Gasteiger partial charge in [0.1, 0.15) is 0 Å². The van der Waals surface area contributed by atoms with Gasteiger partial charge in [0.15, 0.2) is 0 Å². The smallest absolute Gasteiger partial charge is 0.0517 e. The second kappa shape index (κ2) is 6.79. The van der Waals surface area contributed by atoms with Gasteiger partial charge >= 0.3 is 0 Å². The van der Waals surface area contributed by atoms with E-state index in [1.54, 1.807) is 0 Å². The Balaban J connectivity index is 1.68. The average molecular weight is 396 g/mol. The summed E-state index contributed by atoms with van der Waals surface area (Å²) in [6, 6.07) is 34.2. The maximum Gasteiger partial charge on any atom is 0.0517 e. The van der Waals surface area contributed by atoms with E-state index < -0.39 is 0 Å². The third-order valence-electron chi connectivity index (χ3n) is 5.92. The molecule has 4 aromatic rings. The molecule has 0 spiro atoms. The first-order valence-electron chi connectivity index (χ1n) is 9.91. The van der Waals surface area contributed by atoms with E-state index >= 15 is 0 Å². The van der Waals surface area contributed by atoms with Crippen molar-refractivity contribution in [2.75, 3.05) is 4.90 Å². The Bertz CT molecular complexity index is 1180. The summed E-state index contributed by atoms with van der Waals surface area (Å²) in [5, 5.41) is 0.754. The Kier molecular flexibility index (Phi) is 4.22. The molecule has 0 amide bonds. The molecular weight excluding hydrogens is 374 g/mol. The summed E-state index contributed by atoms with van der Waals surface area (Å²) in [7, 11) is 0. The van der Waals surface area contributed by atoms with Crippen LogP contribution in [-0.2, 0) is 5.41 Å². The van der Waals surface area contributed by atoms with E-state index in [-0.39, 0.29) is 5.41 Å². The van der Waals surface area contributed by atoms with Gasteiger partial charge < -0.3 is 4.90 Å². The summed E-state index contributed by atoms with van der Waals surface area (Å²) in [4.78, 5) is 2.33. The number of anilines is 3. The highest BCUT2D eigenvalue weighted by atomic mass is 35.5. The third kappa shape index (κ3) is 2.94. The third-order valence-corrected chi connectivity index (χ3v) is 6.16. The van der Waals surface area contributed by atoms with Gasteiger partial charge in [0.05, 0.1) is 11.4 Å². The quantitative estimate of drug-likeness (QED) is 0.331. The van der Waals surface area contributed by atoms with Crippen LogP contribution in [0.1, 0.15) is 25.0 Å². The van der Waals surface area contributed by atoms with Crippen LogP contribution in [0.4, 0.5) is 17.1 Å². The van der Waals surface area contributed by atoms with Crippen LogP contribution in [0, 0.1) is 0 Å². The molecule has 1 heterocycles. The zero-order valence-electron chi connectivity index (χ0n) is 16.6. The van der Waals surface area contributed by atoms with Crippen molar-refractivity contribution in [2.24, 2.45) is 0 Å². The van der Waals surface area contributed by atoms with E-state index in [2.05, 4.69) is 104 Å². The van der Waals surface area contributed by atoms with Gasteiger partial charge in [-0.3, -0.25) is 0 Å². The lowest BCUT2D eigenvalue weighted by Crippen LogP contribution is -2.30. The molecule has 0 atom stereocenters. The van der Waals surface area contributed by atoms with Gasteiger partial charge in [0, 0.05) is 16.1 Å². The molecule has 4 aromatic carbocycles. The van der Waals surface area contributed by atoms with Crippen LogP contribution in [0.5, 0.6) is 0 Å². The van der Waals surface area contributed by atoms with E-state index in [1.807, 2.05) is 12.1 Å². The number of hydrogen-bond acceptors (Lipinski definition) is 1. The summed E-state index contributed by atoms with van der Waals surface area (Å²) in [6.45, 7) is 4.57. The molecule has 142 valence electrons. The lowest BCUT2D eigenvalue weighted by atomic mass is 9.73. The Morgan fingerprint density at radius 2 is 1.24 bits per heavy atom. The van der Waals surface area contributed by atoms with Gasteiger partial charge in [-0.15, -0.1) is 0 Å². The molecule has 0 bridgehead atoms. The Morgan fingerprint density at radius 3 is 2.00 bits per heavy atom. The minimum absolute atomic E-state index is 0.0863. The molecule has 0 aromatic heterocycles. The molecule has 5 rings (SSSR count). The zero-order chi connectivity index (χ0) is 20.0. The zero-order valence-corrected chi connectivity index (χ0v) is 17.3. The van der Waals surface area contributed by atoms with Crippen LogP contribution in [0.3, 0.4) is 0 Å². The predicted molar refractivity (Wildman–Crippen MR) is 124 cm³/mol. The van der Waals surface area contributed by atoms with Gasteiger partial charge in [0.25, 0.3) is 0 Å². The SMILES string of the molecule is CC1(C)c2ccccc2N(c2ccc(-c3ccccc3)cc2)c2cc(Cl)ccc21. The van der Waals surface area contributed by atoms with Crippen molar-refractivity contribution in [3.63, 3.8) is 0 Å². The molecule has 0 saturated heterocycles.